The van der Waals surface area contributed by atoms with Crippen molar-refractivity contribution >= 4 is 68.0 Å². The van der Waals surface area contributed by atoms with E-state index in [1.54, 1.807) is 29.2 Å². The molecule has 10 nitrogen and oxygen atoms in total. The zero-order valence-corrected chi connectivity index (χ0v) is 25.4. The van der Waals surface area contributed by atoms with Crippen LogP contribution in [0.2, 0.25) is 10.0 Å². The van der Waals surface area contributed by atoms with Crippen LogP contribution in [0.15, 0.2) is 40.9 Å². The molecule has 0 spiro atoms. The van der Waals surface area contributed by atoms with Gasteiger partial charge in [-0.2, -0.15) is 0 Å². The molecule has 2 aliphatic carbocycles. The molecule has 2 aromatic rings. The van der Waals surface area contributed by atoms with Gasteiger partial charge in [-0.05, 0) is 102 Å². The minimum absolute atomic E-state index is 0.0115. The van der Waals surface area contributed by atoms with Crippen molar-refractivity contribution in [1.82, 2.24) is 5.32 Å². The van der Waals surface area contributed by atoms with Crippen LogP contribution in [0.5, 0.6) is 0 Å². The lowest BCUT2D eigenvalue weighted by Crippen LogP contribution is -2.34. The molecule has 0 aromatic heterocycles. The van der Waals surface area contributed by atoms with Crippen LogP contribution in [0, 0.1) is 43.9 Å². The van der Waals surface area contributed by atoms with Crippen LogP contribution < -0.4 is 10.2 Å². The van der Waals surface area contributed by atoms with Gasteiger partial charge in [-0.25, -0.2) is 0 Å². The number of nitro benzene ring substituents is 2. The maximum absolute atomic E-state index is 12.3. The number of nitro groups is 2. The molecular formula is C28H31BrCl2N4O6. The van der Waals surface area contributed by atoms with Crippen molar-refractivity contribution in [3.8, 4) is 0 Å². The predicted octanol–water partition coefficient (Wildman–Crippen LogP) is 7.33. The lowest BCUT2D eigenvalue weighted by Gasteiger charge is -2.24. The Morgan fingerprint density at radius 2 is 1.37 bits per heavy atom. The van der Waals surface area contributed by atoms with E-state index in [1.807, 2.05) is 0 Å². The molecule has 1 N–H and O–H groups in total. The molecule has 2 amide bonds. The van der Waals surface area contributed by atoms with Gasteiger partial charge in [-0.15, -0.1) is 0 Å². The number of nitrogens with one attached hydrogen (secondary N) is 1. The van der Waals surface area contributed by atoms with Crippen molar-refractivity contribution in [2.24, 2.45) is 23.7 Å². The molecule has 220 valence electrons. The SMILES string of the molecule is O=C1CC2CCC(C2)CN1c1ccc(Cl)cc1[N+](=O)[O-].O=C1CC2CCC(CN1)C2.O=[N+]([O-])c1cc(Cl)ccc1Br. The topological polar surface area (TPSA) is 136 Å². The molecular weight excluding hydrogens is 639 g/mol. The number of anilines is 1. The summed E-state index contributed by atoms with van der Waals surface area (Å²) in [7, 11) is 0. The van der Waals surface area contributed by atoms with Crippen molar-refractivity contribution in [3.63, 3.8) is 0 Å². The van der Waals surface area contributed by atoms with Crippen molar-refractivity contribution in [3.05, 3.63) is 71.1 Å². The Kier molecular flexibility index (Phi) is 10.6. The summed E-state index contributed by atoms with van der Waals surface area (Å²) in [5.41, 5.74) is 0.262. The van der Waals surface area contributed by atoms with Gasteiger partial charge < -0.3 is 10.2 Å². The quantitative estimate of drug-likeness (QED) is 0.268. The molecule has 0 radical (unpaired) electrons. The van der Waals surface area contributed by atoms with Gasteiger partial charge in [0, 0.05) is 48.1 Å². The predicted molar refractivity (Wildman–Crippen MR) is 160 cm³/mol. The second-order valence-electron chi connectivity index (χ2n) is 11.0. The number of fused-ring (bicyclic) bond motifs is 4. The van der Waals surface area contributed by atoms with Crippen molar-refractivity contribution in [2.75, 3.05) is 18.0 Å². The minimum Gasteiger partial charge on any atom is -0.356 e. The lowest BCUT2D eigenvalue weighted by molar-refractivity contribution is -0.385. The number of nitrogens with zero attached hydrogens (tertiary/aromatic N) is 3. The number of amides is 2. The normalized spacial score (nSPS) is 24.6. The third-order valence-electron chi connectivity index (χ3n) is 8.10. The number of hydrogen-bond donors (Lipinski definition) is 1. The highest BCUT2D eigenvalue weighted by Gasteiger charge is 2.36. The van der Waals surface area contributed by atoms with Gasteiger partial charge in [-0.3, -0.25) is 29.8 Å². The molecule has 2 heterocycles. The summed E-state index contributed by atoms with van der Waals surface area (Å²) in [6.07, 6.45) is 8.47. The Morgan fingerprint density at radius 3 is 2.02 bits per heavy atom. The Hall–Kier alpha value is -2.76. The van der Waals surface area contributed by atoms with Crippen LogP contribution in [0.25, 0.3) is 0 Å². The first-order valence-electron chi connectivity index (χ1n) is 13.6. The number of carbonyl (C=O) groups excluding carboxylic acids is 2. The highest BCUT2D eigenvalue weighted by atomic mass is 79.9. The molecule has 4 unspecified atom stereocenters. The van der Waals surface area contributed by atoms with Gasteiger partial charge in [0.25, 0.3) is 11.4 Å². The maximum atomic E-state index is 12.3. The standard InChI is InChI=1S/C14H15ClN2O3.C8H13NO.C6H3BrClNO2/c15-11-3-4-12(13(7-11)17(19)20)16-8-10-2-1-9(5-10)6-14(16)18;10-8-4-6-1-2-7(3-6)5-9-8;7-5-2-1-4(8)3-6(5)9(10)11/h3-4,7,9-10H,1-2,5-6,8H2;6-7H,1-5H2,(H,9,10);1-3H. The zero-order chi connectivity index (χ0) is 29.7. The van der Waals surface area contributed by atoms with Crippen LogP contribution in [-0.4, -0.2) is 34.8 Å². The summed E-state index contributed by atoms with van der Waals surface area (Å²) in [6, 6.07) is 8.91. The second kappa shape index (κ2) is 13.9. The molecule has 4 aliphatic rings. The fourth-order valence-corrected chi connectivity index (χ4v) is 6.84. The van der Waals surface area contributed by atoms with E-state index in [4.69, 9.17) is 23.2 Å². The molecule has 13 heteroatoms. The molecule has 4 bridgehead atoms. The van der Waals surface area contributed by atoms with Crippen LogP contribution in [0.4, 0.5) is 17.1 Å². The molecule has 2 aliphatic heterocycles. The van der Waals surface area contributed by atoms with E-state index in [-0.39, 0.29) is 23.2 Å². The molecule has 2 saturated carbocycles. The molecule has 41 heavy (non-hydrogen) atoms. The summed E-state index contributed by atoms with van der Waals surface area (Å²) in [4.78, 5) is 45.4. The highest BCUT2D eigenvalue weighted by Crippen LogP contribution is 2.40. The van der Waals surface area contributed by atoms with Gasteiger partial charge in [0.05, 0.1) is 14.3 Å². The van der Waals surface area contributed by atoms with Crippen molar-refractivity contribution < 1.29 is 19.4 Å². The van der Waals surface area contributed by atoms with Gasteiger partial charge in [0.2, 0.25) is 11.8 Å². The van der Waals surface area contributed by atoms with Crippen LogP contribution in [0.3, 0.4) is 0 Å². The number of hydrogen-bond acceptors (Lipinski definition) is 6. The summed E-state index contributed by atoms with van der Waals surface area (Å²) in [6.45, 7) is 1.52. The average Bonchev–Trinajstić information content (AvgIpc) is 3.47. The van der Waals surface area contributed by atoms with E-state index in [0.717, 1.165) is 38.1 Å². The first kappa shape index (κ1) is 31.2. The summed E-state index contributed by atoms with van der Waals surface area (Å²) in [5, 5.41) is 25.1. The number of halogens is 3. The van der Waals surface area contributed by atoms with E-state index in [9.17, 15) is 29.8 Å². The van der Waals surface area contributed by atoms with Crippen LogP contribution in [0.1, 0.15) is 51.4 Å². The summed E-state index contributed by atoms with van der Waals surface area (Å²) >= 11 is 14.4. The Morgan fingerprint density at radius 1 is 0.805 bits per heavy atom. The number of carbonyl (C=O) groups is 2. The van der Waals surface area contributed by atoms with Crippen molar-refractivity contribution in [1.29, 1.82) is 0 Å². The number of benzene rings is 2. The van der Waals surface area contributed by atoms with Crippen LogP contribution >= 0.6 is 39.1 Å². The Bertz CT molecular complexity index is 1330. The van der Waals surface area contributed by atoms with E-state index in [2.05, 4.69) is 21.2 Å². The Labute approximate surface area is 256 Å². The fourth-order valence-electron chi connectivity index (χ4n) is 6.12. The van der Waals surface area contributed by atoms with Crippen molar-refractivity contribution in [2.45, 2.75) is 51.4 Å². The van der Waals surface area contributed by atoms with E-state index >= 15 is 0 Å². The third kappa shape index (κ3) is 8.39. The van der Waals surface area contributed by atoms with E-state index < -0.39 is 9.85 Å². The van der Waals surface area contributed by atoms with Crippen LogP contribution in [-0.2, 0) is 9.59 Å². The monoisotopic (exact) mass is 668 g/mol. The first-order valence-corrected chi connectivity index (χ1v) is 15.2. The van der Waals surface area contributed by atoms with E-state index in [1.165, 1.54) is 31.4 Å². The summed E-state index contributed by atoms with van der Waals surface area (Å²) < 4.78 is 0.437. The fraction of sp³-hybridized carbons (Fsp3) is 0.500. The Balaban J connectivity index is 0.000000156. The molecule has 4 fully saturated rings. The zero-order valence-electron chi connectivity index (χ0n) is 22.3. The summed E-state index contributed by atoms with van der Waals surface area (Å²) in [5.74, 6) is 2.68. The molecule has 2 saturated heterocycles. The highest BCUT2D eigenvalue weighted by molar-refractivity contribution is 9.10. The third-order valence-corrected chi connectivity index (χ3v) is 9.24. The number of rotatable bonds is 3. The molecule has 4 atom stereocenters. The van der Waals surface area contributed by atoms with Gasteiger partial charge in [0.15, 0.2) is 0 Å². The van der Waals surface area contributed by atoms with Gasteiger partial charge >= 0.3 is 0 Å². The average molecular weight is 670 g/mol. The van der Waals surface area contributed by atoms with Gasteiger partial charge in [0.1, 0.15) is 5.69 Å². The lowest BCUT2D eigenvalue weighted by atomic mass is 10.0. The van der Waals surface area contributed by atoms with E-state index in [0.29, 0.717) is 50.9 Å². The minimum atomic E-state index is -0.490. The smallest absolute Gasteiger partial charge is 0.294 e. The molecule has 2 aromatic carbocycles. The van der Waals surface area contributed by atoms with Gasteiger partial charge in [-0.1, -0.05) is 23.2 Å². The maximum Gasteiger partial charge on any atom is 0.294 e. The molecule has 6 rings (SSSR count). The second-order valence-corrected chi connectivity index (χ2v) is 12.8. The largest absolute Gasteiger partial charge is 0.356 e. The first-order chi connectivity index (χ1) is 19.5.